The van der Waals surface area contributed by atoms with Crippen molar-refractivity contribution >= 4 is 18.8 Å². The van der Waals surface area contributed by atoms with Crippen LogP contribution in [0.25, 0.3) is 0 Å². The second kappa shape index (κ2) is 13.4. The molecule has 0 spiro atoms. The minimum absolute atomic E-state index is 0.802. The van der Waals surface area contributed by atoms with Crippen molar-refractivity contribution in [1.82, 2.24) is 0 Å². The van der Waals surface area contributed by atoms with E-state index >= 15 is 0 Å². The molecule has 0 saturated carbocycles. The molecule has 0 aliphatic carbocycles. The Kier molecular flexibility index (Phi) is 13.9. The van der Waals surface area contributed by atoms with Gasteiger partial charge in [0.15, 0.2) is 0 Å². The number of hydrogen-bond donors (Lipinski definition) is 0. The molecule has 0 saturated heterocycles. The molecule has 0 amide bonds. The van der Waals surface area contributed by atoms with Gasteiger partial charge in [-0.25, -0.2) is 0 Å². The summed E-state index contributed by atoms with van der Waals surface area (Å²) >= 11 is -2.29. The Morgan fingerprint density at radius 1 is 0.700 bits per heavy atom. The third-order valence-corrected chi connectivity index (χ3v) is 17.8. The van der Waals surface area contributed by atoms with Crippen LogP contribution in [0.1, 0.15) is 86.0 Å². The fourth-order valence-corrected chi connectivity index (χ4v) is 16.5. The van der Waals surface area contributed by atoms with Crippen molar-refractivity contribution in [1.29, 1.82) is 0 Å². The van der Waals surface area contributed by atoms with Crippen molar-refractivity contribution in [3.8, 4) is 0 Å². The molecule has 0 aliphatic rings. The van der Waals surface area contributed by atoms with Crippen molar-refractivity contribution in [3.63, 3.8) is 0 Å². The molecule has 0 rings (SSSR count). The third kappa shape index (κ3) is 8.92. The van der Waals surface area contributed by atoms with Gasteiger partial charge in [-0.15, -0.1) is 0 Å². The molecule has 0 atom stereocenters. The first-order chi connectivity index (χ1) is 9.67. The zero-order valence-corrected chi connectivity index (χ0v) is 17.8. The Labute approximate surface area is 133 Å². The standard InChI is InChI=1S/C6H13O.3C4H9.Sn/c1-3-6(4-2)5-7;3*1-3-4-2;/h6H,3-5H2,1-2H3;3*1,3-4H2,2H3;/q-1;;;;+1. The second-order valence-corrected chi connectivity index (χ2v) is 18.3. The number of unbranched alkanes of at least 4 members (excludes halogenated alkanes) is 3. The molecule has 2 heteroatoms. The van der Waals surface area contributed by atoms with Crippen LogP contribution in [0.2, 0.25) is 13.3 Å². The van der Waals surface area contributed by atoms with Crippen molar-refractivity contribution in [2.75, 3.05) is 6.61 Å². The molecule has 1 nitrogen and oxygen atoms in total. The van der Waals surface area contributed by atoms with Gasteiger partial charge in [0.25, 0.3) is 0 Å². The zero-order valence-electron chi connectivity index (χ0n) is 15.0. The van der Waals surface area contributed by atoms with Crippen molar-refractivity contribution in [2.24, 2.45) is 5.92 Å². The molecule has 0 fully saturated rings. The van der Waals surface area contributed by atoms with Crippen LogP contribution in [-0.4, -0.2) is 25.4 Å². The van der Waals surface area contributed by atoms with E-state index in [4.69, 9.17) is 3.07 Å². The van der Waals surface area contributed by atoms with E-state index in [0.29, 0.717) is 0 Å². The van der Waals surface area contributed by atoms with Gasteiger partial charge in [0.05, 0.1) is 0 Å². The van der Waals surface area contributed by atoms with Gasteiger partial charge in [-0.05, 0) is 0 Å². The summed E-state index contributed by atoms with van der Waals surface area (Å²) < 4.78 is 11.2. The zero-order chi connectivity index (χ0) is 15.3. The van der Waals surface area contributed by atoms with E-state index in [2.05, 4.69) is 34.6 Å². The minimum atomic E-state index is -2.29. The predicted molar refractivity (Wildman–Crippen MR) is 94.9 cm³/mol. The Morgan fingerprint density at radius 2 is 1.10 bits per heavy atom. The molecule has 0 unspecified atom stereocenters. The quantitative estimate of drug-likeness (QED) is 0.297. The molecule has 0 heterocycles. The van der Waals surface area contributed by atoms with Crippen molar-refractivity contribution in [3.05, 3.63) is 0 Å². The Hall–Kier alpha value is 0.759. The van der Waals surface area contributed by atoms with Gasteiger partial charge in [-0.1, -0.05) is 0 Å². The van der Waals surface area contributed by atoms with Gasteiger partial charge in [0.1, 0.15) is 0 Å². The molecule has 0 radical (unpaired) electrons. The Balaban J connectivity index is 4.64. The van der Waals surface area contributed by atoms with E-state index < -0.39 is 18.8 Å². The summed E-state index contributed by atoms with van der Waals surface area (Å²) in [7, 11) is 0. The van der Waals surface area contributed by atoms with Crippen LogP contribution in [0.15, 0.2) is 0 Å². The SMILES string of the molecule is CCC[CH2][Sn]([CH2]CCC)([CH2]CCC)[O]CC(CC)CC. The van der Waals surface area contributed by atoms with Crippen LogP contribution >= 0.6 is 0 Å². The molecule has 0 aromatic heterocycles. The van der Waals surface area contributed by atoms with E-state index in [9.17, 15) is 0 Å². The normalized spacial score (nSPS) is 12.3. The average Bonchev–Trinajstić information content (AvgIpc) is 2.49. The summed E-state index contributed by atoms with van der Waals surface area (Å²) in [6.07, 6.45) is 10.8. The van der Waals surface area contributed by atoms with Crippen LogP contribution in [0.4, 0.5) is 0 Å². The Bertz CT molecular complexity index is 180. The fourth-order valence-electron chi connectivity index (χ4n) is 2.91. The second-order valence-electron chi connectivity index (χ2n) is 6.49. The van der Waals surface area contributed by atoms with Crippen LogP contribution in [0.5, 0.6) is 0 Å². The van der Waals surface area contributed by atoms with E-state index in [1.54, 1.807) is 0 Å². The summed E-state index contributed by atoms with van der Waals surface area (Å²) in [5.41, 5.74) is 0. The summed E-state index contributed by atoms with van der Waals surface area (Å²) in [6.45, 7) is 12.7. The van der Waals surface area contributed by atoms with Crippen molar-refractivity contribution in [2.45, 2.75) is 99.3 Å². The number of hydrogen-bond acceptors (Lipinski definition) is 1. The first-order valence-corrected chi connectivity index (χ1v) is 16.5. The first kappa shape index (κ1) is 20.8. The van der Waals surface area contributed by atoms with Crippen LogP contribution in [0, 0.1) is 5.92 Å². The van der Waals surface area contributed by atoms with E-state index in [0.717, 1.165) is 12.5 Å². The molecule has 0 aromatic rings. The van der Waals surface area contributed by atoms with Gasteiger partial charge in [-0.3, -0.25) is 0 Å². The van der Waals surface area contributed by atoms with E-state index in [-0.39, 0.29) is 0 Å². The molecule has 0 aliphatic heterocycles. The molecular formula is C18H40OSn. The average molecular weight is 391 g/mol. The maximum absolute atomic E-state index is 6.79. The molecule has 0 bridgehead atoms. The number of rotatable bonds is 14. The van der Waals surface area contributed by atoms with Crippen LogP contribution in [-0.2, 0) is 3.07 Å². The molecule has 20 heavy (non-hydrogen) atoms. The van der Waals surface area contributed by atoms with Crippen molar-refractivity contribution < 1.29 is 3.07 Å². The topological polar surface area (TPSA) is 9.23 Å². The monoisotopic (exact) mass is 392 g/mol. The summed E-state index contributed by atoms with van der Waals surface area (Å²) in [5, 5.41) is 0. The Morgan fingerprint density at radius 3 is 1.40 bits per heavy atom. The fraction of sp³-hybridized carbons (Fsp3) is 1.00. The maximum atomic E-state index is 6.79. The van der Waals surface area contributed by atoms with E-state index in [1.807, 2.05) is 0 Å². The van der Waals surface area contributed by atoms with Gasteiger partial charge in [0.2, 0.25) is 0 Å². The van der Waals surface area contributed by atoms with Crippen LogP contribution in [0.3, 0.4) is 0 Å². The van der Waals surface area contributed by atoms with E-state index in [1.165, 1.54) is 64.7 Å². The summed E-state index contributed by atoms with van der Waals surface area (Å²) in [4.78, 5) is 0. The van der Waals surface area contributed by atoms with Gasteiger partial charge in [-0.2, -0.15) is 0 Å². The molecule has 0 aromatic carbocycles. The molecule has 0 N–H and O–H groups in total. The molecule has 122 valence electrons. The summed E-state index contributed by atoms with van der Waals surface area (Å²) in [6, 6.07) is 0. The van der Waals surface area contributed by atoms with Gasteiger partial charge >= 0.3 is 134 Å². The third-order valence-electron chi connectivity index (χ3n) is 4.74. The predicted octanol–water partition coefficient (Wildman–Crippen LogP) is 6.79. The molecular weight excluding hydrogens is 351 g/mol. The first-order valence-electron chi connectivity index (χ1n) is 9.31. The van der Waals surface area contributed by atoms with Gasteiger partial charge < -0.3 is 0 Å². The van der Waals surface area contributed by atoms with Crippen LogP contribution < -0.4 is 0 Å². The van der Waals surface area contributed by atoms with Gasteiger partial charge in [0, 0.05) is 0 Å². The summed E-state index contributed by atoms with van der Waals surface area (Å²) in [5.74, 6) is 0.802.